The highest BCUT2D eigenvalue weighted by Gasteiger charge is 2.27. The Morgan fingerprint density at radius 3 is 2.61 bits per heavy atom. The maximum Gasteiger partial charge on any atom is 0.326 e. The number of aliphatic carboxylic acids is 1. The largest absolute Gasteiger partial charge is 0.480 e. The lowest BCUT2D eigenvalue weighted by Gasteiger charge is -2.31. The first-order chi connectivity index (χ1) is 8.45. The van der Waals surface area contributed by atoms with E-state index in [0.29, 0.717) is 12.3 Å². The number of carboxylic acids is 1. The highest BCUT2D eigenvalue weighted by atomic mass is 16.4. The fourth-order valence-electron chi connectivity index (χ4n) is 2.60. The highest BCUT2D eigenvalue weighted by molar-refractivity contribution is 5.82. The van der Waals surface area contributed by atoms with E-state index in [1.54, 1.807) is 14.0 Å². The highest BCUT2D eigenvalue weighted by Crippen LogP contribution is 2.23. The van der Waals surface area contributed by atoms with E-state index in [0.717, 1.165) is 19.3 Å². The third kappa shape index (κ3) is 3.89. The van der Waals surface area contributed by atoms with Crippen LogP contribution >= 0.6 is 0 Å². The number of amides is 2. The van der Waals surface area contributed by atoms with Gasteiger partial charge in [-0.2, -0.15) is 0 Å². The quantitative estimate of drug-likeness (QED) is 0.809. The van der Waals surface area contributed by atoms with Crippen molar-refractivity contribution in [3.05, 3.63) is 0 Å². The third-order valence-electron chi connectivity index (χ3n) is 3.72. The number of carbonyl (C=O) groups is 2. The lowest BCUT2D eigenvalue weighted by Crippen LogP contribution is -2.50. The van der Waals surface area contributed by atoms with Gasteiger partial charge in [-0.1, -0.05) is 26.7 Å². The molecule has 1 aliphatic carbocycles. The number of hydrogen-bond acceptors (Lipinski definition) is 2. The molecule has 0 bridgehead atoms. The molecular formula is C13H24N2O3. The third-order valence-corrected chi connectivity index (χ3v) is 3.72. The second-order valence-electron chi connectivity index (χ2n) is 5.29. The van der Waals surface area contributed by atoms with Crippen molar-refractivity contribution in [1.29, 1.82) is 0 Å². The lowest BCUT2D eigenvalue weighted by atomic mass is 9.87. The Bertz CT molecular complexity index is 307. The predicted molar refractivity (Wildman–Crippen MR) is 69.4 cm³/mol. The van der Waals surface area contributed by atoms with E-state index in [-0.39, 0.29) is 12.1 Å². The molecule has 0 aliphatic heterocycles. The zero-order chi connectivity index (χ0) is 13.7. The smallest absolute Gasteiger partial charge is 0.326 e. The summed E-state index contributed by atoms with van der Waals surface area (Å²) in [6, 6.07) is -0.829. The van der Waals surface area contributed by atoms with Crippen LogP contribution in [0.3, 0.4) is 0 Å². The van der Waals surface area contributed by atoms with E-state index in [1.165, 1.54) is 11.3 Å². The number of likely N-dealkylation sites (N-methyl/N-ethyl adjacent to an activating group) is 1. The van der Waals surface area contributed by atoms with Crippen LogP contribution < -0.4 is 5.32 Å². The summed E-state index contributed by atoms with van der Waals surface area (Å²) < 4.78 is 0. The van der Waals surface area contributed by atoms with Gasteiger partial charge in [0, 0.05) is 13.1 Å². The van der Waals surface area contributed by atoms with Gasteiger partial charge < -0.3 is 15.3 Å². The van der Waals surface area contributed by atoms with E-state index < -0.39 is 12.0 Å². The fraction of sp³-hybridized carbons (Fsp3) is 0.846. The van der Waals surface area contributed by atoms with Crippen LogP contribution in [0.1, 0.15) is 46.0 Å². The number of carbonyl (C=O) groups excluding carboxylic acids is 1. The van der Waals surface area contributed by atoms with Gasteiger partial charge in [0.05, 0.1) is 0 Å². The standard InChI is InChI=1S/C13H24N2O3/c1-4-11(12(16)17)15(3)13(18)14-10-7-5-6-9(2)8-10/h9-11H,4-8H2,1-3H3,(H,14,18)(H,16,17). The van der Waals surface area contributed by atoms with Crippen LogP contribution in [0.4, 0.5) is 4.79 Å². The van der Waals surface area contributed by atoms with Gasteiger partial charge in [-0.15, -0.1) is 0 Å². The molecule has 0 heterocycles. The molecule has 1 fully saturated rings. The first-order valence-electron chi connectivity index (χ1n) is 6.71. The van der Waals surface area contributed by atoms with Crippen molar-refractivity contribution in [2.45, 2.75) is 58.0 Å². The van der Waals surface area contributed by atoms with Crippen LogP contribution in [-0.2, 0) is 4.79 Å². The van der Waals surface area contributed by atoms with Crippen molar-refractivity contribution >= 4 is 12.0 Å². The van der Waals surface area contributed by atoms with Gasteiger partial charge in [0.15, 0.2) is 0 Å². The van der Waals surface area contributed by atoms with Crippen molar-refractivity contribution in [3.8, 4) is 0 Å². The Morgan fingerprint density at radius 1 is 1.44 bits per heavy atom. The summed E-state index contributed by atoms with van der Waals surface area (Å²) in [6.07, 6.45) is 4.75. The van der Waals surface area contributed by atoms with Crippen molar-refractivity contribution in [1.82, 2.24) is 10.2 Å². The predicted octanol–water partition coefficient (Wildman–Crippen LogP) is 2.07. The molecule has 0 spiro atoms. The Morgan fingerprint density at radius 2 is 2.11 bits per heavy atom. The van der Waals surface area contributed by atoms with Crippen molar-refractivity contribution in [3.63, 3.8) is 0 Å². The molecule has 18 heavy (non-hydrogen) atoms. The van der Waals surface area contributed by atoms with Crippen molar-refractivity contribution < 1.29 is 14.7 Å². The Balaban J connectivity index is 2.50. The first kappa shape index (κ1) is 14.8. The van der Waals surface area contributed by atoms with Gasteiger partial charge in [0.2, 0.25) is 0 Å². The van der Waals surface area contributed by atoms with Gasteiger partial charge in [0.25, 0.3) is 0 Å². The number of carboxylic acid groups (broad SMARTS) is 1. The molecular weight excluding hydrogens is 232 g/mol. The summed E-state index contributed by atoms with van der Waals surface area (Å²) in [5.74, 6) is -0.317. The van der Waals surface area contributed by atoms with Crippen molar-refractivity contribution in [2.75, 3.05) is 7.05 Å². The molecule has 3 atom stereocenters. The molecule has 0 saturated heterocycles. The summed E-state index contributed by atoms with van der Waals surface area (Å²) in [7, 11) is 1.55. The molecule has 2 N–H and O–H groups in total. The Labute approximate surface area is 109 Å². The molecule has 0 aromatic heterocycles. The number of nitrogens with zero attached hydrogens (tertiary/aromatic N) is 1. The van der Waals surface area contributed by atoms with Gasteiger partial charge >= 0.3 is 12.0 Å². The summed E-state index contributed by atoms with van der Waals surface area (Å²) in [6.45, 7) is 3.96. The SMILES string of the molecule is CCC(C(=O)O)N(C)C(=O)NC1CCCC(C)C1. The zero-order valence-electron chi connectivity index (χ0n) is 11.5. The zero-order valence-corrected chi connectivity index (χ0v) is 11.5. The van der Waals surface area contributed by atoms with Crippen LogP contribution in [-0.4, -0.2) is 41.1 Å². The molecule has 104 valence electrons. The van der Waals surface area contributed by atoms with Gasteiger partial charge in [-0.3, -0.25) is 0 Å². The molecule has 0 aromatic rings. The van der Waals surface area contributed by atoms with Crippen LogP contribution in [0.25, 0.3) is 0 Å². The number of rotatable bonds is 4. The molecule has 0 aromatic carbocycles. The van der Waals surface area contributed by atoms with E-state index in [2.05, 4.69) is 12.2 Å². The molecule has 1 rings (SSSR count). The Hall–Kier alpha value is -1.26. The van der Waals surface area contributed by atoms with Gasteiger partial charge in [-0.05, 0) is 25.2 Å². The maximum atomic E-state index is 12.0. The average Bonchev–Trinajstić information content (AvgIpc) is 2.29. The van der Waals surface area contributed by atoms with Crippen LogP contribution in [0, 0.1) is 5.92 Å². The number of nitrogens with one attached hydrogen (secondary N) is 1. The van der Waals surface area contributed by atoms with E-state index in [9.17, 15) is 9.59 Å². The molecule has 3 unspecified atom stereocenters. The second-order valence-corrected chi connectivity index (χ2v) is 5.29. The number of urea groups is 1. The van der Waals surface area contributed by atoms with E-state index >= 15 is 0 Å². The topological polar surface area (TPSA) is 69.6 Å². The monoisotopic (exact) mass is 256 g/mol. The fourth-order valence-corrected chi connectivity index (χ4v) is 2.60. The number of hydrogen-bond donors (Lipinski definition) is 2. The summed E-state index contributed by atoms with van der Waals surface area (Å²) in [5, 5.41) is 12.0. The normalized spacial score (nSPS) is 25.3. The molecule has 1 aliphatic rings. The van der Waals surface area contributed by atoms with E-state index in [1.807, 2.05) is 0 Å². The van der Waals surface area contributed by atoms with Crippen LogP contribution in [0.15, 0.2) is 0 Å². The van der Waals surface area contributed by atoms with Gasteiger partial charge in [-0.25, -0.2) is 9.59 Å². The minimum absolute atomic E-state index is 0.190. The van der Waals surface area contributed by atoms with Crippen molar-refractivity contribution in [2.24, 2.45) is 5.92 Å². The minimum atomic E-state index is -0.952. The van der Waals surface area contributed by atoms with Gasteiger partial charge in [0.1, 0.15) is 6.04 Å². The molecule has 1 saturated carbocycles. The lowest BCUT2D eigenvalue weighted by molar-refractivity contribution is -0.141. The maximum absolute atomic E-state index is 12.0. The second kappa shape index (κ2) is 6.61. The molecule has 2 amide bonds. The van der Waals surface area contributed by atoms with E-state index in [4.69, 9.17) is 5.11 Å². The summed E-state index contributed by atoms with van der Waals surface area (Å²) >= 11 is 0. The van der Waals surface area contributed by atoms with Crippen LogP contribution in [0.5, 0.6) is 0 Å². The Kier molecular flexibility index (Phi) is 5.44. The molecule has 5 heteroatoms. The molecule has 5 nitrogen and oxygen atoms in total. The first-order valence-corrected chi connectivity index (χ1v) is 6.71. The average molecular weight is 256 g/mol. The summed E-state index contributed by atoms with van der Waals surface area (Å²) in [4.78, 5) is 24.3. The minimum Gasteiger partial charge on any atom is -0.480 e. The van der Waals surface area contributed by atoms with Crippen LogP contribution in [0.2, 0.25) is 0 Å². The molecule has 0 radical (unpaired) electrons. The summed E-state index contributed by atoms with van der Waals surface area (Å²) in [5.41, 5.74) is 0.